The van der Waals surface area contributed by atoms with Crippen LogP contribution in [-0.2, 0) is 6.42 Å². The smallest absolute Gasteiger partial charge is 0.116 e. The number of benzene rings is 1. The van der Waals surface area contributed by atoms with Gasteiger partial charge in [0, 0.05) is 13.0 Å². The van der Waals surface area contributed by atoms with E-state index in [4.69, 9.17) is 5.73 Å². The Kier molecular flexibility index (Phi) is 5.68. The summed E-state index contributed by atoms with van der Waals surface area (Å²) in [5, 5.41) is 0. The SMILES string of the molecule is Cl.NCC(F)Cc1ccccc1. The first-order valence-electron chi connectivity index (χ1n) is 3.71. The summed E-state index contributed by atoms with van der Waals surface area (Å²) in [4.78, 5) is 0. The van der Waals surface area contributed by atoms with Gasteiger partial charge in [0.05, 0.1) is 0 Å². The molecule has 0 saturated heterocycles. The lowest BCUT2D eigenvalue weighted by Gasteiger charge is -2.03. The van der Waals surface area contributed by atoms with Crippen molar-refractivity contribution in [3.63, 3.8) is 0 Å². The van der Waals surface area contributed by atoms with Gasteiger partial charge in [0.25, 0.3) is 0 Å². The normalized spacial score (nSPS) is 11.8. The van der Waals surface area contributed by atoms with Crippen LogP contribution in [0, 0.1) is 0 Å². The molecule has 0 aliphatic rings. The van der Waals surface area contributed by atoms with Crippen molar-refractivity contribution >= 4 is 12.4 Å². The van der Waals surface area contributed by atoms with Gasteiger partial charge in [0.1, 0.15) is 6.17 Å². The third-order valence-corrected chi connectivity index (χ3v) is 1.56. The van der Waals surface area contributed by atoms with Crippen LogP contribution in [-0.4, -0.2) is 12.7 Å². The van der Waals surface area contributed by atoms with Crippen molar-refractivity contribution in [3.8, 4) is 0 Å². The molecule has 1 rings (SSSR count). The minimum absolute atomic E-state index is 0. The number of hydrogen-bond acceptors (Lipinski definition) is 1. The lowest BCUT2D eigenvalue weighted by atomic mass is 10.1. The molecular formula is C9H13ClFN. The van der Waals surface area contributed by atoms with Crippen LogP contribution in [0.25, 0.3) is 0 Å². The van der Waals surface area contributed by atoms with Crippen molar-refractivity contribution in [2.24, 2.45) is 5.73 Å². The summed E-state index contributed by atoms with van der Waals surface area (Å²) in [7, 11) is 0. The molecule has 1 atom stereocenters. The number of nitrogens with two attached hydrogens (primary N) is 1. The quantitative estimate of drug-likeness (QED) is 0.773. The van der Waals surface area contributed by atoms with Crippen LogP contribution >= 0.6 is 12.4 Å². The fourth-order valence-corrected chi connectivity index (χ4v) is 0.953. The van der Waals surface area contributed by atoms with Gasteiger partial charge < -0.3 is 5.73 Å². The van der Waals surface area contributed by atoms with Crippen LogP contribution in [0.3, 0.4) is 0 Å². The third kappa shape index (κ3) is 3.69. The minimum Gasteiger partial charge on any atom is -0.328 e. The van der Waals surface area contributed by atoms with Gasteiger partial charge >= 0.3 is 0 Å². The number of alkyl halides is 1. The molecule has 68 valence electrons. The second-order valence-electron chi connectivity index (χ2n) is 2.52. The molecule has 1 aromatic rings. The number of halogens is 2. The predicted molar refractivity (Wildman–Crippen MR) is 51.3 cm³/mol. The highest BCUT2D eigenvalue weighted by atomic mass is 35.5. The summed E-state index contributed by atoms with van der Waals surface area (Å²) in [5.74, 6) is 0. The summed E-state index contributed by atoms with van der Waals surface area (Å²) in [6.07, 6.45) is -0.477. The summed E-state index contributed by atoms with van der Waals surface area (Å²) in [6, 6.07) is 9.53. The molecule has 0 radical (unpaired) electrons. The Morgan fingerprint density at radius 3 is 2.33 bits per heavy atom. The Balaban J connectivity index is 0.00000121. The van der Waals surface area contributed by atoms with E-state index in [-0.39, 0.29) is 19.0 Å². The van der Waals surface area contributed by atoms with E-state index < -0.39 is 6.17 Å². The minimum atomic E-state index is -0.905. The molecule has 0 aromatic heterocycles. The standard InChI is InChI=1S/C9H12FN.ClH/c10-9(7-11)6-8-4-2-1-3-5-8;/h1-5,9H,6-7,11H2;1H. The topological polar surface area (TPSA) is 26.0 Å². The van der Waals surface area contributed by atoms with Gasteiger partial charge in [-0.2, -0.15) is 0 Å². The lowest BCUT2D eigenvalue weighted by Crippen LogP contribution is -2.17. The van der Waals surface area contributed by atoms with Gasteiger partial charge in [-0.05, 0) is 5.56 Å². The van der Waals surface area contributed by atoms with Gasteiger partial charge in [-0.1, -0.05) is 30.3 Å². The molecular weight excluding hydrogens is 177 g/mol. The average Bonchev–Trinajstić information content (AvgIpc) is 2.06. The molecule has 0 spiro atoms. The van der Waals surface area contributed by atoms with Gasteiger partial charge in [-0.25, -0.2) is 4.39 Å². The largest absolute Gasteiger partial charge is 0.328 e. The predicted octanol–water partition coefficient (Wildman–Crippen LogP) is 1.95. The second-order valence-corrected chi connectivity index (χ2v) is 2.52. The second kappa shape index (κ2) is 5.98. The molecule has 0 saturated carbocycles. The van der Waals surface area contributed by atoms with E-state index in [2.05, 4.69) is 0 Å². The molecule has 0 amide bonds. The van der Waals surface area contributed by atoms with Crippen LogP contribution in [0.2, 0.25) is 0 Å². The molecule has 12 heavy (non-hydrogen) atoms. The van der Waals surface area contributed by atoms with E-state index in [0.717, 1.165) is 5.56 Å². The molecule has 3 heteroatoms. The number of hydrogen-bond donors (Lipinski definition) is 1. The molecule has 0 aliphatic carbocycles. The Hall–Kier alpha value is -0.600. The summed E-state index contributed by atoms with van der Waals surface area (Å²) in [5.41, 5.74) is 6.15. The summed E-state index contributed by atoms with van der Waals surface area (Å²) in [6.45, 7) is 0.106. The van der Waals surface area contributed by atoms with Crippen molar-refractivity contribution < 1.29 is 4.39 Å². The lowest BCUT2D eigenvalue weighted by molar-refractivity contribution is 0.340. The molecule has 1 aromatic carbocycles. The Labute approximate surface area is 78.2 Å². The zero-order valence-corrected chi connectivity index (χ0v) is 7.56. The summed E-state index contributed by atoms with van der Waals surface area (Å²) < 4.78 is 12.7. The van der Waals surface area contributed by atoms with Crippen LogP contribution in [0.15, 0.2) is 30.3 Å². The van der Waals surface area contributed by atoms with Gasteiger partial charge in [-0.3, -0.25) is 0 Å². The highest BCUT2D eigenvalue weighted by Crippen LogP contribution is 2.03. The van der Waals surface area contributed by atoms with E-state index >= 15 is 0 Å². The third-order valence-electron chi connectivity index (χ3n) is 1.56. The molecule has 1 nitrogen and oxygen atoms in total. The monoisotopic (exact) mass is 189 g/mol. The van der Waals surface area contributed by atoms with Crippen molar-refractivity contribution in [3.05, 3.63) is 35.9 Å². The maximum absolute atomic E-state index is 12.7. The zero-order valence-electron chi connectivity index (χ0n) is 6.74. The van der Waals surface area contributed by atoms with Crippen molar-refractivity contribution in [1.82, 2.24) is 0 Å². The Morgan fingerprint density at radius 1 is 1.25 bits per heavy atom. The molecule has 2 N–H and O–H groups in total. The van der Waals surface area contributed by atoms with Gasteiger partial charge in [-0.15, -0.1) is 12.4 Å². The van der Waals surface area contributed by atoms with E-state index in [9.17, 15) is 4.39 Å². The molecule has 0 fully saturated rings. The summed E-state index contributed by atoms with van der Waals surface area (Å²) >= 11 is 0. The van der Waals surface area contributed by atoms with Crippen LogP contribution in [0.5, 0.6) is 0 Å². The van der Waals surface area contributed by atoms with Crippen LogP contribution in [0.1, 0.15) is 5.56 Å². The van der Waals surface area contributed by atoms with Gasteiger partial charge in [0.2, 0.25) is 0 Å². The fourth-order valence-electron chi connectivity index (χ4n) is 0.953. The first-order valence-corrected chi connectivity index (χ1v) is 3.71. The Morgan fingerprint density at radius 2 is 1.83 bits per heavy atom. The first kappa shape index (κ1) is 11.4. The maximum Gasteiger partial charge on any atom is 0.116 e. The average molecular weight is 190 g/mol. The van der Waals surface area contributed by atoms with E-state index in [1.807, 2.05) is 30.3 Å². The molecule has 1 unspecified atom stereocenters. The first-order chi connectivity index (χ1) is 5.33. The molecule has 0 heterocycles. The van der Waals surface area contributed by atoms with Gasteiger partial charge in [0.15, 0.2) is 0 Å². The zero-order chi connectivity index (χ0) is 8.10. The Bertz CT molecular complexity index is 203. The van der Waals surface area contributed by atoms with E-state index in [1.54, 1.807) is 0 Å². The fraction of sp³-hybridized carbons (Fsp3) is 0.333. The van der Waals surface area contributed by atoms with Crippen molar-refractivity contribution in [1.29, 1.82) is 0 Å². The van der Waals surface area contributed by atoms with E-state index in [1.165, 1.54) is 0 Å². The van der Waals surface area contributed by atoms with Crippen LogP contribution < -0.4 is 5.73 Å². The highest BCUT2D eigenvalue weighted by molar-refractivity contribution is 5.85. The van der Waals surface area contributed by atoms with Crippen molar-refractivity contribution in [2.45, 2.75) is 12.6 Å². The van der Waals surface area contributed by atoms with E-state index in [0.29, 0.717) is 6.42 Å². The van der Waals surface area contributed by atoms with Crippen molar-refractivity contribution in [2.75, 3.05) is 6.54 Å². The van der Waals surface area contributed by atoms with Crippen LogP contribution in [0.4, 0.5) is 4.39 Å². The molecule has 0 aliphatic heterocycles. The molecule has 0 bridgehead atoms. The number of rotatable bonds is 3. The maximum atomic E-state index is 12.7. The highest BCUT2D eigenvalue weighted by Gasteiger charge is 2.03.